The molecule has 2 aromatic carbocycles. The number of benzene rings is 2. The topological polar surface area (TPSA) is 80.3 Å². The molecule has 2 N–H and O–H groups in total. The summed E-state index contributed by atoms with van der Waals surface area (Å²) >= 11 is 1.17. The van der Waals surface area contributed by atoms with Crippen LogP contribution in [0.3, 0.4) is 0 Å². The first-order valence-electron chi connectivity index (χ1n) is 12.1. The maximum atomic E-state index is 13.7. The van der Waals surface area contributed by atoms with Gasteiger partial charge in [-0.15, -0.1) is 23.7 Å². The van der Waals surface area contributed by atoms with Gasteiger partial charge in [0.05, 0.1) is 10.5 Å². The van der Waals surface area contributed by atoms with Gasteiger partial charge in [0.15, 0.2) is 5.13 Å². The van der Waals surface area contributed by atoms with Crippen molar-refractivity contribution < 1.29 is 26.3 Å². The Hall–Kier alpha value is -2.34. The fourth-order valence-corrected chi connectivity index (χ4v) is 7.08. The van der Waals surface area contributed by atoms with Crippen LogP contribution in [0.1, 0.15) is 67.2 Å². The summed E-state index contributed by atoms with van der Waals surface area (Å²) in [5, 5.41) is 5.21. The first-order chi connectivity index (χ1) is 17.4. The average molecular weight is 588 g/mol. The summed E-state index contributed by atoms with van der Waals surface area (Å²) in [5.74, 6) is 0.184. The molecule has 1 atom stereocenters. The summed E-state index contributed by atoms with van der Waals surface area (Å²) in [6.07, 6.45) is -0.857. The van der Waals surface area contributed by atoms with Crippen molar-refractivity contribution in [3.8, 4) is 5.75 Å². The van der Waals surface area contributed by atoms with Crippen LogP contribution in [0.2, 0.25) is 0 Å². The van der Waals surface area contributed by atoms with Gasteiger partial charge in [0.1, 0.15) is 11.4 Å². The lowest BCUT2D eigenvalue weighted by Gasteiger charge is -2.39. The molecule has 0 spiro atoms. The number of ether oxygens (including phenoxy) is 1. The number of fused-ring (bicyclic) bond motifs is 1. The smallest absolute Gasteiger partial charge is 0.416 e. The number of nitrogens with one attached hydrogen (secondary N) is 2. The molecule has 3 aromatic rings. The van der Waals surface area contributed by atoms with E-state index in [9.17, 15) is 21.6 Å². The van der Waals surface area contributed by atoms with Gasteiger partial charge in [0.2, 0.25) is 0 Å². The summed E-state index contributed by atoms with van der Waals surface area (Å²) in [7, 11) is -3.90. The first-order valence-corrected chi connectivity index (χ1v) is 14.5. The number of piperidine rings is 1. The highest BCUT2D eigenvalue weighted by atomic mass is 35.5. The van der Waals surface area contributed by atoms with Crippen LogP contribution in [0.5, 0.6) is 5.75 Å². The normalized spacial score (nSPS) is 19.7. The second-order valence-corrected chi connectivity index (χ2v) is 12.7. The molecule has 38 heavy (non-hydrogen) atoms. The molecule has 1 aromatic heterocycles. The second-order valence-electron chi connectivity index (χ2n) is 10.1. The van der Waals surface area contributed by atoms with E-state index in [-0.39, 0.29) is 34.3 Å². The van der Waals surface area contributed by atoms with Crippen molar-refractivity contribution in [1.82, 2.24) is 10.3 Å². The Morgan fingerprint density at radius 2 is 1.79 bits per heavy atom. The maximum Gasteiger partial charge on any atom is 0.416 e. The van der Waals surface area contributed by atoms with Gasteiger partial charge in [-0.1, -0.05) is 12.1 Å². The monoisotopic (exact) mass is 587 g/mol. The molecule has 1 saturated heterocycles. The van der Waals surface area contributed by atoms with Crippen LogP contribution < -0.4 is 14.8 Å². The zero-order chi connectivity index (χ0) is 26.4. The van der Waals surface area contributed by atoms with Crippen LogP contribution in [0, 0.1) is 0 Å². The van der Waals surface area contributed by atoms with Crippen LogP contribution in [-0.2, 0) is 16.2 Å². The zero-order valence-corrected chi connectivity index (χ0v) is 23.3. The van der Waals surface area contributed by atoms with Crippen LogP contribution in [0.25, 0.3) is 0 Å². The third kappa shape index (κ3) is 5.95. The van der Waals surface area contributed by atoms with Gasteiger partial charge in [-0.3, -0.25) is 4.72 Å². The molecule has 5 rings (SSSR count). The number of halogens is 4. The first kappa shape index (κ1) is 28.7. The molecule has 0 saturated carbocycles. The van der Waals surface area contributed by atoms with E-state index in [1.54, 1.807) is 17.5 Å². The maximum absolute atomic E-state index is 13.7. The Kier molecular flexibility index (Phi) is 8.05. The minimum Gasteiger partial charge on any atom is -0.487 e. The Morgan fingerprint density at radius 1 is 1.08 bits per heavy atom. The van der Waals surface area contributed by atoms with Crippen molar-refractivity contribution in [1.29, 1.82) is 0 Å². The summed E-state index contributed by atoms with van der Waals surface area (Å²) in [6.45, 7) is 5.32. The molecule has 0 bridgehead atoms. The lowest BCUT2D eigenvalue weighted by molar-refractivity contribution is -0.137. The molecule has 12 heteroatoms. The van der Waals surface area contributed by atoms with Crippen molar-refractivity contribution in [2.45, 2.75) is 61.6 Å². The molecule has 206 valence electrons. The van der Waals surface area contributed by atoms with E-state index in [1.807, 2.05) is 13.8 Å². The number of thiazole rings is 1. The van der Waals surface area contributed by atoms with E-state index in [0.29, 0.717) is 17.7 Å². The molecule has 0 aliphatic carbocycles. The average Bonchev–Trinajstić information content (AvgIpc) is 3.34. The van der Waals surface area contributed by atoms with E-state index in [2.05, 4.69) is 15.0 Å². The van der Waals surface area contributed by atoms with Crippen LogP contribution >= 0.6 is 23.7 Å². The predicted molar refractivity (Wildman–Crippen MR) is 144 cm³/mol. The Labute approximate surface area is 230 Å². The van der Waals surface area contributed by atoms with Crippen molar-refractivity contribution in [2.24, 2.45) is 0 Å². The Morgan fingerprint density at radius 3 is 2.45 bits per heavy atom. The van der Waals surface area contributed by atoms with E-state index >= 15 is 0 Å². The highest BCUT2D eigenvalue weighted by molar-refractivity contribution is 7.93. The zero-order valence-electron chi connectivity index (χ0n) is 20.8. The van der Waals surface area contributed by atoms with Gasteiger partial charge in [-0.05, 0) is 81.4 Å². The Bertz CT molecular complexity index is 1390. The fraction of sp³-hybridized carbons (Fsp3) is 0.423. The van der Waals surface area contributed by atoms with Crippen molar-refractivity contribution >= 4 is 38.9 Å². The number of alkyl halides is 3. The minimum atomic E-state index is -4.43. The van der Waals surface area contributed by atoms with E-state index < -0.39 is 27.4 Å². The molecule has 0 unspecified atom stereocenters. The van der Waals surface area contributed by atoms with Crippen molar-refractivity contribution in [2.75, 3.05) is 17.8 Å². The molecular weight excluding hydrogens is 559 g/mol. The van der Waals surface area contributed by atoms with Gasteiger partial charge in [-0.2, -0.15) is 13.2 Å². The summed E-state index contributed by atoms with van der Waals surface area (Å²) < 4.78 is 75.6. The standard InChI is InChI=1S/C26H28F3N3O3S2.ClH/c1-25(2)15-22(19-5-3-17(26(27,28)29)13-21(19)16-7-9-30-10-8-16)20-6-4-18(14-23(20)35-25)37(33,34)32-24-31-11-12-36-24;/h3-6,11-14,16,22,30H,7-10,15H2,1-2H3,(H,31,32);1H/t22-;/m0./s1. The number of rotatable bonds is 5. The Balaban J connectivity index is 0.00000336. The second kappa shape index (κ2) is 10.7. The molecule has 3 heterocycles. The predicted octanol–water partition coefficient (Wildman–Crippen LogP) is 6.54. The SMILES string of the molecule is CC1(C)C[C@@H](c2ccc(C(F)(F)F)cc2C2CCNCC2)c2ccc(S(=O)(=O)Nc3nccs3)cc2O1.Cl. The highest BCUT2D eigenvalue weighted by Gasteiger charge is 2.39. The van der Waals surface area contributed by atoms with Gasteiger partial charge >= 0.3 is 6.18 Å². The largest absolute Gasteiger partial charge is 0.487 e. The molecule has 2 aliphatic heterocycles. The number of nitrogens with zero attached hydrogens (tertiary/aromatic N) is 1. The molecule has 0 amide bonds. The number of sulfonamides is 1. The van der Waals surface area contributed by atoms with Crippen LogP contribution in [0.15, 0.2) is 52.9 Å². The molecule has 1 fully saturated rings. The minimum absolute atomic E-state index is 0. The van der Waals surface area contributed by atoms with Crippen molar-refractivity contribution in [3.05, 3.63) is 70.2 Å². The molecule has 2 aliphatic rings. The third-order valence-corrected chi connectivity index (χ3v) is 9.13. The van der Waals surface area contributed by atoms with E-state index in [4.69, 9.17) is 4.74 Å². The quantitative estimate of drug-likeness (QED) is 0.354. The molecular formula is C26H29ClF3N3O3S2. The van der Waals surface area contributed by atoms with Crippen molar-refractivity contribution in [3.63, 3.8) is 0 Å². The van der Waals surface area contributed by atoms with Gasteiger partial charge in [0.25, 0.3) is 10.0 Å². The fourth-order valence-electron chi connectivity index (χ4n) is 5.28. The van der Waals surface area contributed by atoms with Crippen LogP contribution in [0.4, 0.5) is 18.3 Å². The van der Waals surface area contributed by atoms with E-state index in [1.165, 1.54) is 35.7 Å². The molecule has 0 radical (unpaired) electrons. The summed E-state index contributed by atoms with van der Waals surface area (Å²) in [6, 6.07) is 8.79. The number of hydrogen-bond donors (Lipinski definition) is 2. The number of anilines is 1. The van der Waals surface area contributed by atoms with E-state index in [0.717, 1.165) is 43.1 Å². The number of aromatic nitrogens is 1. The lowest BCUT2D eigenvalue weighted by Crippen LogP contribution is -2.36. The lowest BCUT2D eigenvalue weighted by atomic mass is 9.75. The number of hydrogen-bond acceptors (Lipinski definition) is 6. The molecule has 6 nitrogen and oxygen atoms in total. The summed E-state index contributed by atoms with van der Waals surface area (Å²) in [5.41, 5.74) is 1.02. The van der Waals surface area contributed by atoms with Crippen LogP contribution in [-0.4, -0.2) is 32.1 Å². The highest BCUT2D eigenvalue weighted by Crippen LogP contribution is 2.48. The summed E-state index contributed by atoms with van der Waals surface area (Å²) in [4.78, 5) is 4.01. The third-order valence-electron chi connectivity index (χ3n) is 6.98. The van der Waals surface area contributed by atoms with Gasteiger partial charge < -0.3 is 10.1 Å². The van der Waals surface area contributed by atoms with Gasteiger partial charge in [-0.25, -0.2) is 13.4 Å². The van der Waals surface area contributed by atoms with Gasteiger partial charge in [0, 0.05) is 29.1 Å².